The van der Waals surface area contributed by atoms with Crippen LogP contribution in [0, 0.1) is 5.92 Å². The van der Waals surface area contributed by atoms with Crippen LogP contribution in [0.5, 0.6) is 11.5 Å². The summed E-state index contributed by atoms with van der Waals surface area (Å²) in [4.78, 5) is 15.2. The summed E-state index contributed by atoms with van der Waals surface area (Å²) in [5.41, 5.74) is 0.211. The zero-order chi connectivity index (χ0) is 22.7. The zero-order valence-corrected chi connectivity index (χ0v) is 19.9. The molecule has 0 spiro atoms. The fourth-order valence-electron chi connectivity index (χ4n) is 6.39. The molecule has 2 aliphatic heterocycles. The number of hydrogen-bond acceptors (Lipinski definition) is 5. The molecule has 6 nitrogen and oxygen atoms in total. The summed E-state index contributed by atoms with van der Waals surface area (Å²) in [6.07, 6.45) is 12.4. The van der Waals surface area contributed by atoms with Crippen molar-refractivity contribution in [3.05, 3.63) is 23.8 Å². The molecule has 5 rings (SSSR count). The fourth-order valence-corrected chi connectivity index (χ4v) is 6.39. The Morgan fingerprint density at radius 3 is 2.55 bits per heavy atom. The van der Waals surface area contributed by atoms with Crippen molar-refractivity contribution in [1.82, 2.24) is 10.2 Å². The van der Waals surface area contributed by atoms with E-state index in [-0.39, 0.29) is 11.9 Å². The molecule has 1 aromatic carbocycles. The van der Waals surface area contributed by atoms with Crippen LogP contribution in [0.3, 0.4) is 0 Å². The summed E-state index contributed by atoms with van der Waals surface area (Å²) in [5, 5.41) is 13.8. The van der Waals surface area contributed by atoms with Crippen LogP contribution in [0.1, 0.15) is 88.5 Å². The second kappa shape index (κ2) is 10.2. The van der Waals surface area contributed by atoms with E-state index in [1.165, 1.54) is 44.2 Å². The molecule has 1 aromatic rings. The van der Waals surface area contributed by atoms with Crippen LogP contribution in [0.15, 0.2) is 18.2 Å². The molecule has 1 amide bonds. The number of piperidine rings is 1. The van der Waals surface area contributed by atoms with Gasteiger partial charge in [-0.25, -0.2) is 0 Å². The van der Waals surface area contributed by atoms with Crippen molar-refractivity contribution in [2.75, 3.05) is 26.4 Å². The first-order valence-electron chi connectivity index (χ1n) is 13.2. The number of nitrogens with zero attached hydrogens (tertiary/aromatic N) is 1. The van der Waals surface area contributed by atoms with Gasteiger partial charge < -0.3 is 24.8 Å². The third kappa shape index (κ3) is 5.32. The number of aliphatic hydroxyl groups is 1. The highest BCUT2D eigenvalue weighted by Gasteiger charge is 2.38. The predicted molar refractivity (Wildman–Crippen MR) is 128 cm³/mol. The number of fused-ring (bicyclic) bond motifs is 1. The zero-order valence-electron chi connectivity index (χ0n) is 19.9. The van der Waals surface area contributed by atoms with Gasteiger partial charge in [0.25, 0.3) is 5.91 Å². The topological polar surface area (TPSA) is 71.0 Å². The number of carbonyl (C=O) groups excluding carboxylic acids is 1. The standard InChI is InChI=1S/C27H40N2O4/c30-26(27(31)14-2-1-3-15-27)28-22-9-7-20(8-10-22)11-16-29-17-12-21(13-18-29)23-5-4-6-24-25(23)33-19-32-24/h4-6,20-22,31H,1-3,7-19H2,(H,28,30). The van der Waals surface area contributed by atoms with Gasteiger partial charge in [0.1, 0.15) is 5.60 Å². The highest BCUT2D eigenvalue weighted by Crippen LogP contribution is 2.42. The lowest BCUT2D eigenvalue weighted by atomic mass is 9.81. The van der Waals surface area contributed by atoms with E-state index in [9.17, 15) is 9.90 Å². The smallest absolute Gasteiger partial charge is 0.252 e. The molecule has 0 bridgehead atoms. The lowest BCUT2D eigenvalue weighted by molar-refractivity contribution is -0.144. The number of hydrogen-bond donors (Lipinski definition) is 2. The molecule has 6 heteroatoms. The van der Waals surface area contributed by atoms with Crippen molar-refractivity contribution < 1.29 is 19.4 Å². The molecular formula is C27H40N2O4. The Morgan fingerprint density at radius 2 is 1.79 bits per heavy atom. The Morgan fingerprint density at radius 1 is 1.03 bits per heavy atom. The molecule has 0 unspecified atom stereocenters. The van der Waals surface area contributed by atoms with Crippen LogP contribution in [0.25, 0.3) is 0 Å². The van der Waals surface area contributed by atoms with Gasteiger partial charge in [0.05, 0.1) is 0 Å². The van der Waals surface area contributed by atoms with Gasteiger partial charge in [-0.05, 0) is 95.3 Å². The van der Waals surface area contributed by atoms with Crippen LogP contribution in [0.2, 0.25) is 0 Å². The first-order chi connectivity index (χ1) is 16.1. The molecule has 182 valence electrons. The molecule has 1 saturated heterocycles. The van der Waals surface area contributed by atoms with Gasteiger partial charge in [-0.15, -0.1) is 0 Å². The lowest BCUT2D eigenvalue weighted by Gasteiger charge is -2.36. The van der Waals surface area contributed by atoms with E-state index in [1.807, 2.05) is 6.07 Å². The maximum atomic E-state index is 12.6. The molecule has 2 N–H and O–H groups in total. The Hall–Kier alpha value is -1.79. The highest BCUT2D eigenvalue weighted by atomic mass is 16.7. The Bertz CT molecular complexity index is 806. The van der Waals surface area contributed by atoms with Crippen molar-refractivity contribution >= 4 is 5.91 Å². The fraction of sp³-hybridized carbons (Fsp3) is 0.741. The van der Waals surface area contributed by atoms with Gasteiger partial charge in [-0.1, -0.05) is 31.4 Å². The SMILES string of the molecule is O=C(NC1CCC(CCN2CCC(c3cccc4c3OCO4)CC2)CC1)C1(O)CCCCC1. The maximum absolute atomic E-state index is 12.6. The van der Waals surface area contributed by atoms with E-state index in [0.29, 0.717) is 25.6 Å². The first kappa shape index (κ1) is 23.0. The minimum atomic E-state index is -1.11. The second-order valence-electron chi connectivity index (χ2n) is 10.8. The maximum Gasteiger partial charge on any atom is 0.252 e. The van der Waals surface area contributed by atoms with Gasteiger partial charge in [-0.2, -0.15) is 0 Å². The van der Waals surface area contributed by atoms with E-state index >= 15 is 0 Å². The number of likely N-dealkylation sites (tertiary alicyclic amines) is 1. The van der Waals surface area contributed by atoms with E-state index in [0.717, 1.165) is 62.6 Å². The number of para-hydroxylation sites is 1. The molecule has 2 heterocycles. The van der Waals surface area contributed by atoms with Crippen LogP contribution >= 0.6 is 0 Å². The predicted octanol–water partition coefficient (Wildman–Crippen LogP) is 4.36. The molecule has 4 aliphatic rings. The van der Waals surface area contributed by atoms with Gasteiger partial charge in [0, 0.05) is 11.6 Å². The van der Waals surface area contributed by atoms with Gasteiger partial charge in [0.15, 0.2) is 11.5 Å². The quantitative estimate of drug-likeness (QED) is 0.666. The molecule has 0 aromatic heterocycles. The Labute approximate surface area is 198 Å². The normalized spacial score (nSPS) is 27.9. The summed E-state index contributed by atoms with van der Waals surface area (Å²) in [6, 6.07) is 6.54. The molecular weight excluding hydrogens is 416 g/mol. The third-order valence-corrected chi connectivity index (χ3v) is 8.59. The molecule has 2 saturated carbocycles. The number of benzene rings is 1. The molecule has 0 atom stereocenters. The highest BCUT2D eigenvalue weighted by molar-refractivity contribution is 5.85. The lowest BCUT2D eigenvalue weighted by Crippen LogP contribution is -2.51. The summed E-state index contributed by atoms with van der Waals surface area (Å²) in [5.74, 6) is 3.08. The van der Waals surface area contributed by atoms with Crippen LogP contribution in [0.4, 0.5) is 0 Å². The number of amides is 1. The van der Waals surface area contributed by atoms with Gasteiger partial charge >= 0.3 is 0 Å². The van der Waals surface area contributed by atoms with E-state index in [4.69, 9.17) is 9.47 Å². The second-order valence-corrected chi connectivity index (χ2v) is 10.8. The van der Waals surface area contributed by atoms with E-state index < -0.39 is 5.60 Å². The van der Waals surface area contributed by atoms with Crippen molar-refractivity contribution in [2.24, 2.45) is 5.92 Å². The molecule has 3 fully saturated rings. The number of carbonyl (C=O) groups is 1. The summed E-state index contributed by atoms with van der Waals surface area (Å²) < 4.78 is 11.3. The minimum absolute atomic E-state index is 0.116. The number of ether oxygens (including phenoxy) is 2. The summed E-state index contributed by atoms with van der Waals surface area (Å²) >= 11 is 0. The minimum Gasteiger partial charge on any atom is -0.454 e. The molecule has 33 heavy (non-hydrogen) atoms. The number of rotatable bonds is 6. The third-order valence-electron chi connectivity index (χ3n) is 8.59. The summed E-state index contributed by atoms with van der Waals surface area (Å²) in [6.45, 7) is 3.83. The van der Waals surface area contributed by atoms with E-state index in [1.54, 1.807) is 0 Å². The monoisotopic (exact) mass is 456 g/mol. The van der Waals surface area contributed by atoms with Crippen LogP contribution < -0.4 is 14.8 Å². The van der Waals surface area contributed by atoms with E-state index in [2.05, 4.69) is 22.3 Å². The van der Waals surface area contributed by atoms with Crippen LogP contribution in [-0.4, -0.2) is 54.0 Å². The average molecular weight is 457 g/mol. The summed E-state index contributed by atoms with van der Waals surface area (Å²) in [7, 11) is 0. The Balaban J connectivity index is 1.01. The van der Waals surface area contributed by atoms with Crippen molar-refractivity contribution in [2.45, 2.75) is 94.6 Å². The average Bonchev–Trinajstić information content (AvgIpc) is 3.34. The van der Waals surface area contributed by atoms with Crippen molar-refractivity contribution in [1.29, 1.82) is 0 Å². The van der Waals surface area contributed by atoms with Crippen molar-refractivity contribution in [3.63, 3.8) is 0 Å². The Kier molecular flexibility index (Phi) is 7.12. The molecule has 0 radical (unpaired) electrons. The molecule has 2 aliphatic carbocycles. The largest absolute Gasteiger partial charge is 0.454 e. The number of nitrogens with one attached hydrogen (secondary N) is 1. The van der Waals surface area contributed by atoms with Crippen molar-refractivity contribution in [3.8, 4) is 11.5 Å². The first-order valence-corrected chi connectivity index (χ1v) is 13.2. The van der Waals surface area contributed by atoms with Gasteiger partial charge in [-0.3, -0.25) is 4.79 Å². The van der Waals surface area contributed by atoms with Gasteiger partial charge in [0.2, 0.25) is 6.79 Å². The van der Waals surface area contributed by atoms with Crippen LogP contribution in [-0.2, 0) is 4.79 Å².